The number of aryl methyl sites for hydroxylation is 2. The summed E-state index contributed by atoms with van der Waals surface area (Å²) in [5.41, 5.74) is 3.95. The number of rotatable bonds is 2. The summed E-state index contributed by atoms with van der Waals surface area (Å²) in [5.74, 6) is 0.567. The fourth-order valence-corrected chi connectivity index (χ4v) is 3.67. The van der Waals surface area contributed by atoms with Gasteiger partial charge in [-0.3, -0.25) is 9.89 Å². The number of amides is 1. The van der Waals surface area contributed by atoms with Crippen molar-refractivity contribution in [3.63, 3.8) is 0 Å². The highest BCUT2D eigenvalue weighted by Gasteiger charge is 2.28. The lowest BCUT2D eigenvalue weighted by Crippen LogP contribution is -2.49. The molecule has 0 spiro atoms. The number of hydrogen-bond donors (Lipinski definition) is 1. The van der Waals surface area contributed by atoms with Crippen LogP contribution in [-0.2, 0) is 12.8 Å². The number of anilines is 1. The third kappa shape index (κ3) is 3.01. The van der Waals surface area contributed by atoms with Crippen LogP contribution in [0.2, 0.25) is 0 Å². The Hall–Kier alpha value is -2.95. The van der Waals surface area contributed by atoms with Gasteiger partial charge in [0.05, 0.1) is 0 Å². The highest BCUT2D eigenvalue weighted by atomic mass is 16.2. The van der Waals surface area contributed by atoms with Crippen molar-refractivity contribution in [2.45, 2.75) is 32.6 Å². The predicted molar refractivity (Wildman–Crippen MR) is 94.8 cm³/mol. The molecule has 0 saturated carbocycles. The summed E-state index contributed by atoms with van der Waals surface area (Å²) in [7, 11) is 0. The summed E-state index contributed by atoms with van der Waals surface area (Å²) in [6.07, 6.45) is 4.19. The number of nitriles is 1. The van der Waals surface area contributed by atoms with Gasteiger partial charge in [0, 0.05) is 43.1 Å². The molecule has 1 aliphatic heterocycles. The minimum absolute atomic E-state index is 0.00641. The summed E-state index contributed by atoms with van der Waals surface area (Å²) in [4.78, 5) is 25.5. The SMILES string of the molecule is Cc1cc(C#N)nc(N2CCN(C(=O)c3n[nH]c4c3CCCC4)CC2)n1. The smallest absolute Gasteiger partial charge is 0.274 e. The number of carbonyl (C=O) groups excluding carboxylic acids is 1. The van der Waals surface area contributed by atoms with Gasteiger partial charge in [0.1, 0.15) is 11.8 Å². The van der Waals surface area contributed by atoms with Crippen molar-refractivity contribution < 1.29 is 4.79 Å². The number of fused-ring (bicyclic) bond motifs is 1. The van der Waals surface area contributed by atoms with E-state index < -0.39 is 0 Å². The maximum atomic E-state index is 12.9. The Bertz CT molecular complexity index is 874. The zero-order valence-electron chi connectivity index (χ0n) is 14.8. The van der Waals surface area contributed by atoms with Gasteiger partial charge in [-0.05, 0) is 38.7 Å². The first kappa shape index (κ1) is 16.5. The molecule has 8 nitrogen and oxygen atoms in total. The van der Waals surface area contributed by atoms with E-state index in [0.29, 0.717) is 43.5 Å². The molecule has 26 heavy (non-hydrogen) atoms. The lowest BCUT2D eigenvalue weighted by molar-refractivity contribution is 0.0739. The topological polar surface area (TPSA) is 102 Å². The Morgan fingerprint density at radius 1 is 1.19 bits per heavy atom. The standard InChI is InChI=1S/C18H21N7O/c1-12-10-13(11-19)21-18(20-12)25-8-6-24(7-9-25)17(26)16-14-4-2-3-5-15(14)22-23-16/h10H,2-9H2,1H3,(H,22,23). The van der Waals surface area contributed by atoms with Crippen LogP contribution in [0, 0.1) is 18.3 Å². The summed E-state index contributed by atoms with van der Waals surface area (Å²) in [6.45, 7) is 4.34. The van der Waals surface area contributed by atoms with E-state index in [1.54, 1.807) is 6.07 Å². The van der Waals surface area contributed by atoms with Crippen molar-refractivity contribution in [3.8, 4) is 6.07 Å². The number of nitrogens with zero attached hydrogens (tertiary/aromatic N) is 6. The minimum Gasteiger partial charge on any atom is -0.337 e. The van der Waals surface area contributed by atoms with Crippen LogP contribution in [0.25, 0.3) is 0 Å². The molecule has 134 valence electrons. The van der Waals surface area contributed by atoms with E-state index in [1.165, 1.54) is 0 Å². The van der Waals surface area contributed by atoms with Crippen molar-refractivity contribution in [1.29, 1.82) is 5.26 Å². The molecular formula is C18H21N7O. The second kappa shape index (κ2) is 6.75. The Kier molecular flexibility index (Phi) is 4.29. The predicted octanol–water partition coefficient (Wildman–Crippen LogP) is 1.22. The van der Waals surface area contributed by atoms with Gasteiger partial charge in [-0.2, -0.15) is 10.4 Å². The van der Waals surface area contributed by atoms with E-state index in [9.17, 15) is 4.79 Å². The zero-order valence-corrected chi connectivity index (χ0v) is 14.8. The Balaban J connectivity index is 1.45. The molecule has 2 aromatic rings. The summed E-state index contributed by atoms with van der Waals surface area (Å²) < 4.78 is 0. The molecule has 2 aliphatic rings. The van der Waals surface area contributed by atoms with Gasteiger partial charge < -0.3 is 9.80 Å². The molecule has 0 bridgehead atoms. The van der Waals surface area contributed by atoms with Crippen LogP contribution in [0.15, 0.2) is 6.07 Å². The van der Waals surface area contributed by atoms with Crippen molar-refractivity contribution >= 4 is 11.9 Å². The molecule has 1 N–H and O–H groups in total. The summed E-state index contributed by atoms with van der Waals surface area (Å²) in [5, 5.41) is 16.4. The average molecular weight is 351 g/mol. The van der Waals surface area contributed by atoms with Crippen molar-refractivity contribution in [2.75, 3.05) is 31.1 Å². The molecule has 0 atom stereocenters. The lowest BCUT2D eigenvalue weighted by atomic mass is 9.95. The van der Waals surface area contributed by atoms with Gasteiger partial charge in [0.25, 0.3) is 5.91 Å². The van der Waals surface area contributed by atoms with Crippen LogP contribution in [0.4, 0.5) is 5.95 Å². The van der Waals surface area contributed by atoms with Gasteiger partial charge in [-0.25, -0.2) is 9.97 Å². The molecule has 1 fully saturated rings. The number of aromatic nitrogens is 4. The number of H-pyrrole nitrogens is 1. The number of nitrogens with one attached hydrogen (secondary N) is 1. The van der Waals surface area contributed by atoms with E-state index in [1.807, 2.05) is 16.7 Å². The molecule has 0 aromatic carbocycles. The summed E-state index contributed by atoms with van der Waals surface area (Å²) in [6, 6.07) is 3.74. The maximum Gasteiger partial charge on any atom is 0.274 e. The van der Waals surface area contributed by atoms with Crippen molar-refractivity contribution in [1.82, 2.24) is 25.1 Å². The monoisotopic (exact) mass is 351 g/mol. The number of piperazine rings is 1. The van der Waals surface area contributed by atoms with E-state index in [-0.39, 0.29) is 5.91 Å². The second-order valence-electron chi connectivity index (χ2n) is 6.82. The zero-order chi connectivity index (χ0) is 18.1. The normalized spacial score (nSPS) is 16.9. The third-order valence-corrected chi connectivity index (χ3v) is 5.07. The molecule has 8 heteroatoms. The van der Waals surface area contributed by atoms with Gasteiger partial charge in [0.2, 0.25) is 5.95 Å². The first-order chi connectivity index (χ1) is 12.7. The number of hydrogen-bond acceptors (Lipinski definition) is 6. The van der Waals surface area contributed by atoms with E-state index in [2.05, 4.69) is 26.2 Å². The fraction of sp³-hybridized carbons (Fsp3) is 0.500. The highest BCUT2D eigenvalue weighted by molar-refractivity contribution is 5.94. The molecule has 3 heterocycles. The highest BCUT2D eigenvalue weighted by Crippen LogP contribution is 2.23. The second-order valence-corrected chi connectivity index (χ2v) is 6.82. The van der Waals surface area contributed by atoms with E-state index >= 15 is 0 Å². The molecular weight excluding hydrogens is 330 g/mol. The Labute approximate surface area is 151 Å². The fourth-order valence-electron chi connectivity index (χ4n) is 3.67. The van der Waals surface area contributed by atoms with Gasteiger partial charge >= 0.3 is 0 Å². The molecule has 4 rings (SSSR count). The lowest BCUT2D eigenvalue weighted by Gasteiger charge is -2.34. The largest absolute Gasteiger partial charge is 0.337 e. The van der Waals surface area contributed by atoms with Crippen LogP contribution in [-0.4, -0.2) is 57.2 Å². The third-order valence-electron chi connectivity index (χ3n) is 5.07. The molecule has 1 aliphatic carbocycles. The Morgan fingerprint density at radius 3 is 2.73 bits per heavy atom. The molecule has 0 unspecified atom stereocenters. The quantitative estimate of drug-likeness (QED) is 0.873. The first-order valence-electron chi connectivity index (χ1n) is 9.02. The minimum atomic E-state index is 0.00641. The van der Waals surface area contributed by atoms with Crippen LogP contribution >= 0.6 is 0 Å². The van der Waals surface area contributed by atoms with Crippen LogP contribution in [0.1, 0.15) is 46.0 Å². The van der Waals surface area contributed by atoms with Crippen LogP contribution < -0.4 is 4.90 Å². The van der Waals surface area contributed by atoms with Crippen molar-refractivity contribution in [2.24, 2.45) is 0 Å². The van der Waals surface area contributed by atoms with E-state index in [0.717, 1.165) is 42.6 Å². The Morgan fingerprint density at radius 2 is 1.96 bits per heavy atom. The van der Waals surface area contributed by atoms with Gasteiger partial charge in [0.15, 0.2) is 5.69 Å². The van der Waals surface area contributed by atoms with Crippen molar-refractivity contribution in [3.05, 3.63) is 34.4 Å². The molecule has 2 aromatic heterocycles. The average Bonchev–Trinajstić information content (AvgIpc) is 3.11. The van der Waals surface area contributed by atoms with Crippen LogP contribution in [0.3, 0.4) is 0 Å². The van der Waals surface area contributed by atoms with E-state index in [4.69, 9.17) is 5.26 Å². The van der Waals surface area contributed by atoms with Crippen LogP contribution in [0.5, 0.6) is 0 Å². The maximum absolute atomic E-state index is 12.9. The van der Waals surface area contributed by atoms with Gasteiger partial charge in [-0.15, -0.1) is 0 Å². The number of aromatic amines is 1. The number of carbonyl (C=O) groups is 1. The summed E-state index contributed by atoms with van der Waals surface area (Å²) >= 11 is 0. The molecule has 0 radical (unpaired) electrons. The molecule has 1 saturated heterocycles. The van der Waals surface area contributed by atoms with Gasteiger partial charge in [-0.1, -0.05) is 0 Å². The first-order valence-corrected chi connectivity index (χ1v) is 9.02. The molecule has 1 amide bonds.